The van der Waals surface area contributed by atoms with E-state index in [-0.39, 0.29) is 13.2 Å². The Morgan fingerprint density at radius 1 is 1.45 bits per heavy atom. The van der Waals surface area contributed by atoms with Gasteiger partial charge >= 0.3 is 12.1 Å². The number of anilines is 1. The van der Waals surface area contributed by atoms with Gasteiger partial charge in [-0.3, -0.25) is 0 Å². The first kappa shape index (κ1) is 14.6. The number of rotatable bonds is 2. The molecule has 0 aliphatic carbocycles. The number of carbonyl (C=O) groups is 1. The van der Waals surface area contributed by atoms with Crippen molar-refractivity contribution < 1.29 is 27.8 Å². The molecule has 1 aromatic rings. The molecule has 1 atom stereocenters. The lowest BCUT2D eigenvalue weighted by Gasteiger charge is -2.33. The van der Waals surface area contributed by atoms with Gasteiger partial charge in [-0.25, -0.2) is 4.79 Å². The second-order valence-electron chi connectivity index (χ2n) is 4.64. The van der Waals surface area contributed by atoms with Gasteiger partial charge in [-0.2, -0.15) is 13.2 Å². The number of hydrogen-bond acceptors (Lipinski definition) is 3. The molecule has 1 fully saturated rings. The highest BCUT2D eigenvalue weighted by atomic mass is 19.4. The molecule has 7 heteroatoms. The number of morpholine rings is 1. The van der Waals surface area contributed by atoms with Crippen molar-refractivity contribution in [1.82, 2.24) is 0 Å². The molecule has 110 valence electrons. The average Bonchev–Trinajstić information content (AvgIpc) is 2.38. The highest BCUT2D eigenvalue weighted by molar-refractivity contribution is 5.74. The summed E-state index contributed by atoms with van der Waals surface area (Å²) in [5, 5.41) is 8.92. The lowest BCUT2D eigenvalue weighted by molar-refractivity contribution is -0.151. The molecule has 1 unspecified atom stereocenters. The van der Waals surface area contributed by atoms with E-state index in [0.29, 0.717) is 17.8 Å². The maximum absolute atomic E-state index is 12.7. The Morgan fingerprint density at radius 3 is 2.75 bits per heavy atom. The summed E-state index contributed by atoms with van der Waals surface area (Å²) < 4.78 is 43.3. The summed E-state index contributed by atoms with van der Waals surface area (Å²) in [6.07, 6.45) is -5.43. The van der Waals surface area contributed by atoms with Crippen LogP contribution in [-0.4, -0.2) is 36.9 Å². The molecule has 0 radical (unpaired) electrons. The van der Waals surface area contributed by atoms with Crippen molar-refractivity contribution in [3.63, 3.8) is 0 Å². The van der Waals surface area contributed by atoms with Gasteiger partial charge in [-0.15, -0.1) is 0 Å². The largest absolute Gasteiger partial charge is 0.479 e. The molecular formula is C13H14F3NO3. The highest BCUT2D eigenvalue weighted by Gasteiger charge is 2.32. The van der Waals surface area contributed by atoms with Crippen molar-refractivity contribution in [2.75, 3.05) is 24.6 Å². The SMILES string of the molecule is Cc1ccc(C(F)(F)F)cc1N1CCOC(C(=O)O)C1. The number of carboxylic acid groups (broad SMARTS) is 1. The van der Waals surface area contributed by atoms with E-state index in [4.69, 9.17) is 9.84 Å². The monoisotopic (exact) mass is 289 g/mol. The number of alkyl halides is 3. The summed E-state index contributed by atoms with van der Waals surface area (Å²) in [4.78, 5) is 12.5. The number of nitrogens with zero attached hydrogens (tertiary/aromatic N) is 1. The summed E-state index contributed by atoms with van der Waals surface area (Å²) in [5.74, 6) is -1.11. The number of aliphatic carboxylic acids is 1. The van der Waals surface area contributed by atoms with Crippen LogP contribution in [0.5, 0.6) is 0 Å². The van der Waals surface area contributed by atoms with Gasteiger partial charge in [0.2, 0.25) is 0 Å². The molecule has 1 heterocycles. The summed E-state index contributed by atoms with van der Waals surface area (Å²) in [6.45, 7) is 2.27. The van der Waals surface area contributed by atoms with Crippen molar-refractivity contribution in [3.8, 4) is 0 Å². The number of benzene rings is 1. The van der Waals surface area contributed by atoms with Crippen LogP contribution < -0.4 is 4.90 Å². The molecule has 1 aliphatic heterocycles. The van der Waals surface area contributed by atoms with Gasteiger partial charge in [0.25, 0.3) is 0 Å². The van der Waals surface area contributed by atoms with E-state index in [2.05, 4.69) is 0 Å². The van der Waals surface area contributed by atoms with Gasteiger partial charge in [0.05, 0.1) is 18.7 Å². The van der Waals surface area contributed by atoms with Gasteiger partial charge in [-0.05, 0) is 24.6 Å². The zero-order valence-electron chi connectivity index (χ0n) is 10.8. The Hall–Kier alpha value is -1.76. The molecule has 0 spiro atoms. The smallest absolute Gasteiger partial charge is 0.416 e. The minimum atomic E-state index is -4.42. The van der Waals surface area contributed by atoms with E-state index < -0.39 is 23.8 Å². The second kappa shape index (κ2) is 5.32. The van der Waals surface area contributed by atoms with E-state index in [0.717, 1.165) is 12.1 Å². The van der Waals surface area contributed by atoms with Crippen LogP contribution in [0.1, 0.15) is 11.1 Å². The van der Waals surface area contributed by atoms with Crippen LogP contribution in [0.15, 0.2) is 18.2 Å². The minimum absolute atomic E-state index is 0.0392. The summed E-state index contributed by atoms with van der Waals surface area (Å²) in [7, 11) is 0. The molecule has 4 nitrogen and oxygen atoms in total. The van der Waals surface area contributed by atoms with Crippen LogP contribution in [0.3, 0.4) is 0 Å². The van der Waals surface area contributed by atoms with Crippen molar-refractivity contribution in [3.05, 3.63) is 29.3 Å². The van der Waals surface area contributed by atoms with Gasteiger partial charge in [-0.1, -0.05) is 6.07 Å². The third-order valence-electron chi connectivity index (χ3n) is 3.22. The fraction of sp³-hybridized carbons (Fsp3) is 0.462. The number of carboxylic acids is 1. The Balaban J connectivity index is 2.29. The lowest BCUT2D eigenvalue weighted by atomic mass is 10.1. The van der Waals surface area contributed by atoms with E-state index in [1.165, 1.54) is 6.07 Å². The third-order valence-corrected chi connectivity index (χ3v) is 3.22. The third kappa shape index (κ3) is 3.04. The molecule has 1 aromatic carbocycles. The summed E-state index contributed by atoms with van der Waals surface area (Å²) >= 11 is 0. The van der Waals surface area contributed by atoms with Crippen LogP contribution in [0.4, 0.5) is 18.9 Å². The first-order valence-corrected chi connectivity index (χ1v) is 6.06. The molecule has 0 aromatic heterocycles. The van der Waals surface area contributed by atoms with Gasteiger partial charge < -0.3 is 14.7 Å². The van der Waals surface area contributed by atoms with Gasteiger partial charge in [0.1, 0.15) is 0 Å². The Bertz CT molecular complexity index is 516. The highest BCUT2D eigenvalue weighted by Crippen LogP contribution is 2.33. The first-order valence-electron chi connectivity index (χ1n) is 6.06. The molecule has 1 N–H and O–H groups in total. The van der Waals surface area contributed by atoms with E-state index in [1.807, 2.05) is 0 Å². The first-order chi connectivity index (χ1) is 9.29. The Labute approximate surface area is 113 Å². The maximum atomic E-state index is 12.7. The quantitative estimate of drug-likeness (QED) is 0.907. The summed E-state index contributed by atoms with van der Waals surface area (Å²) in [5.41, 5.74) is 0.329. The molecule has 20 heavy (non-hydrogen) atoms. The lowest BCUT2D eigenvalue weighted by Crippen LogP contribution is -2.46. The van der Waals surface area contributed by atoms with Crippen LogP contribution in [0.2, 0.25) is 0 Å². The molecular weight excluding hydrogens is 275 g/mol. The minimum Gasteiger partial charge on any atom is -0.479 e. The molecule has 1 saturated heterocycles. The number of hydrogen-bond donors (Lipinski definition) is 1. The number of halogens is 3. The molecule has 0 saturated carbocycles. The topological polar surface area (TPSA) is 49.8 Å². The van der Waals surface area contributed by atoms with Crippen LogP contribution in [-0.2, 0) is 15.7 Å². The van der Waals surface area contributed by atoms with Crippen molar-refractivity contribution >= 4 is 11.7 Å². The fourth-order valence-electron chi connectivity index (χ4n) is 2.14. The van der Waals surface area contributed by atoms with Crippen LogP contribution >= 0.6 is 0 Å². The molecule has 2 rings (SSSR count). The zero-order valence-corrected chi connectivity index (χ0v) is 10.8. The average molecular weight is 289 g/mol. The Morgan fingerprint density at radius 2 is 2.15 bits per heavy atom. The molecule has 0 amide bonds. The van der Waals surface area contributed by atoms with Gasteiger partial charge in [0, 0.05) is 12.2 Å². The Kier molecular flexibility index (Phi) is 3.89. The standard InChI is InChI=1S/C13H14F3NO3/c1-8-2-3-9(13(14,15)16)6-10(8)17-4-5-20-11(7-17)12(18)19/h2-3,6,11H,4-5,7H2,1H3,(H,18,19). The zero-order chi connectivity index (χ0) is 14.9. The number of aryl methyl sites for hydroxylation is 1. The normalized spacial score (nSPS) is 20.0. The van der Waals surface area contributed by atoms with Gasteiger partial charge in [0.15, 0.2) is 6.10 Å². The molecule has 0 bridgehead atoms. The van der Waals surface area contributed by atoms with E-state index in [1.54, 1.807) is 11.8 Å². The predicted octanol–water partition coefficient (Wildman–Crippen LogP) is 2.30. The van der Waals surface area contributed by atoms with Crippen molar-refractivity contribution in [1.29, 1.82) is 0 Å². The van der Waals surface area contributed by atoms with Crippen LogP contribution in [0, 0.1) is 6.92 Å². The fourth-order valence-corrected chi connectivity index (χ4v) is 2.14. The number of ether oxygens (including phenoxy) is 1. The molecule has 1 aliphatic rings. The maximum Gasteiger partial charge on any atom is 0.416 e. The van der Waals surface area contributed by atoms with E-state index >= 15 is 0 Å². The van der Waals surface area contributed by atoms with Crippen molar-refractivity contribution in [2.45, 2.75) is 19.2 Å². The second-order valence-corrected chi connectivity index (χ2v) is 4.64. The van der Waals surface area contributed by atoms with E-state index in [9.17, 15) is 18.0 Å². The predicted molar refractivity (Wildman–Crippen MR) is 65.8 cm³/mol. The summed E-state index contributed by atoms with van der Waals surface area (Å²) in [6, 6.07) is 3.47. The van der Waals surface area contributed by atoms with Crippen LogP contribution in [0.25, 0.3) is 0 Å². The van der Waals surface area contributed by atoms with Crippen molar-refractivity contribution in [2.24, 2.45) is 0 Å².